The van der Waals surface area contributed by atoms with Crippen molar-refractivity contribution in [1.29, 1.82) is 0 Å². The molecule has 1 aromatic carbocycles. The molecule has 1 aromatic heterocycles. The van der Waals surface area contributed by atoms with E-state index in [0.717, 1.165) is 55.0 Å². The Labute approximate surface area is 193 Å². The fourth-order valence-electron chi connectivity index (χ4n) is 3.79. The Morgan fingerprint density at radius 1 is 1.38 bits per heavy atom. The zero-order valence-corrected chi connectivity index (χ0v) is 19.9. The third-order valence-electron chi connectivity index (χ3n) is 5.22. The van der Waals surface area contributed by atoms with E-state index in [1.165, 1.54) is 5.56 Å². The maximum absolute atomic E-state index is 6.13. The van der Waals surface area contributed by atoms with Gasteiger partial charge in [0.25, 0.3) is 0 Å². The second-order valence-corrected chi connectivity index (χ2v) is 7.85. The quantitative estimate of drug-likeness (QED) is 0.341. The highest BCUT2D eigenvalue weighted by molar-refractivity contribution is 14.0. The summed E-state index contributed by atoms with van der Waals surface area (Å²) < 4.78 is 7.13. The molecule has 1 aliphatic carbocycles. The molecule has 29 heavy (non-hydrogen) atoms. The molecule has 2 N–H and O–H groups in total. The molecule has 2 heterocycles. The number of aromatic nitrogens is 3. The lowest BCUT2D eigenvalue weighted by molar-refractivity contribution is 0.177. The molecule has 0 bridgehead atoms. The number of ether oxygens (including phenoxy) is 1. The number of fused-ring (bicyclic) bond motifs is 1. The van der Waals surface area contributed by atoms with E-state index in [9.17, 15) is 0 Å². The Hall–Kier alpha value is -1.39. The first kappa shape index (κ1) is 22.3. The standard InChI is InChI=1S/C20H27ClN6O.HI/c1-3-22-20(24-17-10-16(17)13-5-4-6-14(21)9-13)23-15-7-8-19-25-18(12-28-2)26-27(19)11-15;/h4-6,9,15-17H,3,7-8,10-12H2,1-2H3,(H2,22,23,24);1H. The Bertz CT molecular complexity index is 857. The SMILES string of the molecule is CCN=C(NC1CCc2nc(COC)nn2C1)NC1CC1c1cccc(Cl)c1.I. The average molecular weight is 531 g/mol. The fraction of sp³-hybridized carbons (Fsp3) is 0.550. The average Bonchev–Trinajstić information content (AvgIpc) is 3.32. The Morgan fingerprint density at radius 3 is 3.00 bits per heavy atom. The first-order valence-electron chi connectivity index (χ1n) is 9.90. The molecule has 9 heteroatoms. The summed E-state index contributed by atoms with van der Waals surface area (Å²) in [6.45, 7) is 4.04. The molecule has 7 nitrogen and oxygen atoms in total. The van der Waals surface area contributed by atoms with Crippen LogP contribution in [0.2, 0.25) is 5.02 Å². The largest absolute Gasteiger partial charge is 0.377 e. The fourth-order valence-corrected chi connectivity index (χ4v) is 3.99. The van der Waals surface area contributed by atoms with Crippen LogP contribution in [-0.2, 0) is 24.3 Å². The Kier molecular flexibility index (Phi) is 7.75. The number of rotatable bonds is 6. The normalized spacial score (nSPS) is 23.1. The number of aliphatic imine (C=N–C) groups is 1. The molecule has 3 unspecified atom stereocenters. The van der Waals surface area contributed by atoms with Crippen molar-refractivity contribution in [2.75, 3.05) is 13.7 Å². The van der Waals surface area contributed by atoms with Gasteiger partial charge in [-0.3, -0.25) is 4.99 Å². The molecular weight excluding hydrogens is 503 g/mol. The molecular formula is C20H28ClIN6O. The first-order chi connectivity index (χ1) is 13.7. The van der Waals surface area contributed by atoms with Crippen molar-refractivity contribution in [1.82, 2.24) is 25.4 Å². The van der Waals surface area contributed by atoms with Crippen molar-refractivity contribution < 1.29 is 4.74 Å². The van der Waals surface area contributed by atoms with Crippen LogP contribution in [0, 0.1) is 0 Å². The summed E-state index contributed by atoms with van der Waals surface area (Å²) in [5.74, 6) is 3.16. The van der Waals surface area contributed by atoms with Crippen LogP contribution in [-0.4, -0.2) is 46.5 Å². The van der Waals surface area contributed by atoms with Gasteiger partial charge in [-0.15, -0.1) is 24.0 Å². The highest BCUT2D eigenvalue weighted by atomic mass is 127. The summed E-state index contributed by atoms with van der Waals surface area (Å²) in [6, 6.07) is 8.82. The molecule has 3 atom stereocenters. The number of guanidine groups is 1. The Balaban J connectivity index is 0.00000240. The van der Waals surface area contributed by atoms with E-state index >= 15 is 0 Å². The van der Waals surface area contributed by atoms with Gasteiger partial charge in [-0.2, -0.15) is 5.10 Å². The van der Waals surface area contributed by atoms with Gasteiger partial charge in [-0.1, -0.05) is 23.7 Å². The minimum atomic E-state index is 0. The predicted molar refractivity (Wildman–Crippen MR) is 125 cm³/mol. The topological polar surface area (TPSA) is 76.4 Å². The van der Waals surface area contributed by atoms with Gasteiger partial charge in [-0.05, 0) is 37.5 Å². The molecule has 1 aliphatic heterocycles. The number of halogens is 2. The van der Waals surface area contributed by atoms with Gasteiger partial charge in [0.2, 0.25) is 0 Å². The molecule has 1 saturated carbocycles. The van der Waals surface area contributed by atoms with Crippen molar-refractivity contribution in [2.45, 2.75) is 57.3 Å². The second kappa shape index (κ2) is 10.1. The van der Waals surface area contributed by atoms with Gasteiger partial charge in [0.1, 0.15) is 12.4 Å². The van der Waals surface area contributed by atoms with E-state index in [1.54, 1.807) is 7.11 Å². The van der Waals surface area contributed by atoms with E-state index in [4.69, 9.17) is 16.3 Å². The summed E-state index contributed by atoms with van der Waals surface area (Å²) >= 11 is 6.13. The van der Waals surface area contributed by atoms with Crippen molar-refractivity contribution in [3.8, 4) is 0 Å². The maximum atomic E-state index is 6.13. The third kappa shape index (κ3) is 5.61. The lowest BCUT2D eigenvalue weighted by Crippen LogP contribution is -2.48. The smallest absolute Gasteiger partial charge is 0.191 e. The van der Waals surface area contributed by atoms with Crippen molar-refractivity contribution in [2.24, 2.45) is 4.99 Å². The van der Waals surface area contributed by atoms with Gasteiger partial charge in [0.05, 0.1) is 6.54 Å². The lowest BCUT2D eigenvalue weighted by Gasteiger charge is -2.25. The maximum Gasteiger partial charge on any atom is 0.191 e. The predicted octanol–water partition coefficient (Wildman–Crippen LogP) is 3.12. The van der Waals surface area contributed by atoms with Crippen LogP contribution in [0.3, 0.4) is 0 Å². The van der Waals surface area contributed by atoms with Crippen LogP contribution in [0.5, 0.6) is 0 Å². The molecule has 1 fully saturated rings. The number of methoxy groups -OCH3 is 1. The van der Waals surface area contributed by atoms with E-state index in [0.29, 0.717) is 18.6 Å². The molecule has 158 valence electrons. The van der Waals surface area contributed by atoms with Gasteiger partial charge in [0.15, 0.2) is 11.8 Å². The number of aryl methyl sites for hydroxylation is 1. The van der Waals surface area contributed by atoms with Crippen molar-refractivity contribution in [3.05, 3.63) is 46.5 Å². The molecule has 2 aliphatic rings. The molecule has 0 radical (unpaired) electrons. The van der Waals surface area contributed by atoms with E-state index < -0.39 is 0 Å². The lowest BCUT2D eigenvalue weighted by atomic mass is 10.1. The van der Waals surface area contributed by atoms with E-state index in [1.807, 2.05) is 16.8 Å². The highest BCUT2D eigenvalue weighted by Gasteiger charge is 2.39. The zero-order valence-electron chi connectivity index (χ0n) is 16.8. The minimum Gasteiger partial charge on any atom is -0.377 e. The van der Waals surface area contributed by atoms with Crippen LogP contribution in [0.1, 0.15) is 42.9 Å². The number of nitrogens with one attached hydrogen (secondary N) is 2. The molecule has 0 spiro atoms. The number of hydrogen-bond acceptors (Lipinski definition) is 4. The highest BCUT2D eigenvalue weighted by Crippen LogP contribution is 2.41. The van der Waals surface area contributed by atoms with Gasteiger partial charge in [-0.25, -0.2) is 9.67 Å². The van der Waals surface area contributed by atoms with Crippen LogP contribution in [0.4, 0.5) is 0 Å². The van der Waals surface area contributed by atoms with E-state index in [-0.39, 0.29) is 30.0 Å². The summed E-state index contributed by atoms with van der Waals surface area (Å²) in [6.07, 6.45) is 3.02. The van der Waals surface area contributed by atoms with Gasteiger partial charge < -0.3 is 15.4 Å². The zero-order chi connectivity index (χ0) is 19.5. The number of nitrogens with zero attached hydrogens (tertiary/aromatic N) is 4. The third-order valence-corrected chi connectivity index (χ3v) is 5.46. The van der Waals surface area contributed by atoms with Crippen LogP contribution in [0.15, 0.2) is 29.3 Å². The van der Waals surface area contributed by atoms with Crippen LogP contribution < -0.4 is 10.6 Å². The van der Waals surface area contributed by atoms with Gasteiger partial charge >= 0.3 is 0 Å². The van der Waals surface area contributed by atoms with Crippen LogP contribution >= 0.6 is 35.6 Å². The van der Waals surface area contributed by atoms with E-state index in [2.05, 4.69) is 44.8 Å². The summed E-state index contributed by atoms with van der Waals surface area (Å²) in [4.78, 5) is 9.18. The minimum absolute atomic E-state index is 0. The molecule has 4 rings (SSSR count). The number of benzene rings is 1. The Morgan fingerprint density at radius 2 is 2.24 bits per heavy atom. The summed E-state index contributed by atoms with van der Waals surface area (Å²) in [5.41, 5.74) is 1.29. The second-order valence-electron chi connectivity index (χ2n) is 7.41. The molecule has 2 aromatic rings. The van der Waals surface area contributed by atoms with Gasteiger partial charge in [0, 0.05) is 43.1 Å². The molecule has 0 saturated heterocycles. The van der Waals surface area contributed by atoms with Crippen molar-refractivity contribution >= 4 is 41.5 Å². The molecule has 0 amide bonds. The van der Waals surface area contributed by atoms with Crippen molar-refractivity contribution in [3.63, 3.8) is 0 Å². The summed E-state index contributed by atoms with van der Waals surface area (Å²) in [5, 5.41) is 12.5. The monoisotopic (exact) mass is 530 g/mol. The first-order valence-corrected chi connectivity index (χ1v) is 10.3. The summed E-state index contributed by atoms with van der Waals surface area (Å²) in [7, 11) is 1.66. The number of hydrogen-bond donors (Lipinski definition) is 2. The van der Waals surface area contributed by atoms with Crippen LogP contribution in [0.25, 0.3) is 0 Å².